The van der Waals surface area contributed by atoms with Crippen molar-refractivity contribution in [1.29, 1.82) is 0 Å². The number of aromatic nitrogens is 2. The first-order valence-corrected chi connectivity index (χ1v) is 6.08. The highest BCUT2D eigenvalue weighted by Gasteiger charge is 2.24. The molecule has 1 fully saturated rings. The van der Waals surface area contributed by atoms with Crippen molar-refractivity contribution in [2.75, 3.05) is 6.61 Å². The number of hydrogen-bond acceptors (Lipinski definition) is 2. The molecule has 0 bridgehead atoms. The number of nitrogens with zero attached hydrogens (tertiary/aromatic N) is 2. The maximum Gasteiger partial charge on any atom is 0.141 e. The van der Waals surface area contributed by atoms with Gasteiger partial charge in [-0.25, -0.2) is 4.98 Å². The van der Waals surface area contributed by atoms with Gasteiger partial charge in [-0.2, -0.15) is 0 Å². The van der Waals surface area contributed by atoms with Crippen molar-refractivity contribution in [3.8, 4) is 11.4 Å². The fraction of sp³-hybridized carbons (Fsp3) is 0.250. The number of ether oxygens (including phenoxy) is 1. The van der Waals surface area contributed by atoms with Gasteiger partial charge in [0.05, 0.1) is 29.3 Å². The van der Waals surface area contributed by atoms with Crippen LogP contribution in [0.1, 0.15) is 0 Å². The van der Waals surface area contributed by atoms with Gasteiger partial charge in [-0.1, -0.05) is 29.3 Å². The molecule has 0 aliphatic carbocycles. The Kier molecular flexibility index (Phi) is 2.82. The second-order valence-corrected chi connectivity index (χ2v) is 4.75. The Morgan fingerprint density at radius 3 is 3.00 bits per heavy atom. The third kappa shape index (κ3) is 2.18. The van der Waals surface area contributed by atoms with E-state index in [0.29, 0.717) is 16.1 Å². The molecule has 3 rings (SSSR count). The number of epoxide rings is 1. The maximum absolute atomic E-state index is 6.19. The van der Waals surface area contributed by atoms with Crippen LogP contribution in [0.4, 0.5) is 0 Å². The van der Waals surface area contributed by atoms with Crippen molar-refractivity contribution in [2.24, 2.45) is 0 Å². The third-order valence-electron chi connectivity index (χ3n) is 2.71. The molecule has 1 saturated heterocycles. The Morgan fingerprint density at radius 2 is 2.24 bits per heavy atom. The van der Waals surface area contributed by atoms with E-state index in [-0.39, 0.29) is 0 Å². The summed E-state index contributed by atoms with van der Waals surface area (Å²) in [7, 11) is 0. The molecule has 0 spiro atoms. The molecule has 17 heavy (non-hydrogen) atoms. The summed E-state index contributed by atoms with van der Waals surface area (Å²) in [5, 5.41) is 1.08. The molecule has 3 nitrogen and oxygen atoms in total. The van der Waals surface area contributed by atoms with E-state index < -0.39 is 0 Å². The lowest BCUT2D eigenvalue weighted by Gasteiger charge is -2.08. The summed E-state index contributed by atoms with van der Waals surface area (Å²) in [5.74, 6) is 0.827. The molecule has 0 unspecified atom stereocenters. The van der Waals surface area contributed by atoms with Crippen LogP contribution >= 0.6 is 23.2 Å². The number of benzene rings is 1. The Balaban J connectivity index is 2.02. The Morgan fingerprint density at radius 1 is 1.41 bits per heavy atom. The molecule has 0 N–H and O–H groups in total. The molecule has 0 radical (unpaired) electrons. The zero-order valence-electron chi connectivity index (χ0n) is 8.94. The molecule has 2 aromatic rings. The van der Waals surface area contributed by atoms with E-state index >= 15 is 0 Å². The molecule has 1 aromatic heterocycles. The van der Waals surface area contributed by atoms with Crippen molar-refractivity contribution < 1.29 is 4.74 Å². The standard InChI is InChI=1S/C12H10Cl2N2O/c13-10-3-1-2-9(11(10)14)12-15-4-5-16(12)6-8-7-17-8/h1-5,8H,6-7H2/t8-/m1/s1. The first kappa shape index (κ1) is 11.1. The lowest BCUT2D eigenvalue weighted by molar-refractivity contribution is 0.383. The van der Waals surface area contributed by atoms with Crippen molar-refractivity contribution >= 4 is 23.2 Å². The lowest BCUT2D eigenvalue weighted by Crippen LogP contribution is -2.05. The molecule has 1 atom stereocenters. The highest BCUT2D eigenvalue weighted by Crippen LogP contribution is 2.32. The molecule has 88 valence electrons. The largest absolute Gasteiger partial charge is 0.371 e. The second-order valence-electron chi connectivity index (χ2n) is 3.96. The Labute approximate surface area is 109 Å². The Hall–Kier alpha value is -1.03. The van der Waals surface area contributed by atoms with Crippen LogP contribution in [-0.2, 0) is 11.3 Å². The topological polar surface area (TPSA) is 30.4 Å². The van der Waals surface area contributed by atoms with Gasteiger partial charge in [0, 0.05) is 18.0 Å². The Bertz CT molecular complexity index is 549. The summed E-state index contributed by atoms with van der Waals surface area (Å²) in [4.78, 5) is 4.33. The van der Waals surface area contributed by atoms with Crippen molar-refractivity contribution in [1.82, 2.24) is 9.55 Å². The van der Waals surface area contributed by atoms with E-state index in [1.807, 2.05) is 22.9 Å². The van der Waals surface area contributed by atoms with Crippen LogP contribution in [-0.4, -0.2) is 22.3 Å². The van der Waals surface area contributed by atoms with Crippen molar-refractivity contribution in [2.45, 2.75) is 12.6 Å². The zero-order valence-corrected chi connectivity index (χ0v) is 10.4. The van der Waals surface area contributed by atoms with Crippen LogP contribution in [0.5, 0.6) is 0 Å². The molecular formula is C12H10Cl2N2O. The fourth-order valence-corrected chi connectivity index (χ4v) is 2.16. The van der Waals surface area contributed by atoms with Gasteiger partial charge >= 0.3 is 0 Å². The van der Waals surface area contributed by atoms with Gasteiger partial charge in [-0.15, -0.1) is 0 Å². The van der Waals surface area contributed by atoms with E-state index in [0.717, 1.165) is 24.5 Å². The third-order valence-corrected chi connectivity index (χ3v) is 3.53. The molecule has 2 heterocycles. The van der Waals surface area contributed by atoms with Crippen LogP contribution in [0.2, 0.25) is 10.0 Å². The first-order valence-electron chi connectivity index (χ1n) is 5.33. The quantitative estimate of drug-likeness (QED) is 0.800. The minimum absolute atomic E-state index is 0.306. The van der Waals surface area contributed by atoms with E-state index in [1.165, 1.54) is 0 Å². The van der Waals surface area contributed by atoms with Gasteiger partial charge in [0.2, 0.25) is 0 Å². The summed E-state index contributed by atoms with van der Waals surface area (Å²) in [6.07, 6.45) is 3.99. The van der Waals surface area contributed by atoms with Crippen LogP contribution < -0.4 is 0 Å². The summed E-state index contributed by atoms with van der Waals surface area (Å²) < 4.78 is 7.26. The van der Waals surface area contributed by atoms with Crippen molar-refractivity contribution in [3.63, 3.8) is 0 Å². The molecule has 0 amide bonds. The minimum atomic E-state index is 0.306. The monoisotopic (exact) mass is 268 g/mol. The van der Waals surface area contributed by atoms with E-state index in [2.05, 4.69) is 4.98 Å². The first-order chi connectivity index (χ1) is 8.25. The SMILES string of the molecule is Clc1cccc(-c2nccn2C[C@@H]2CO2)c1Cl. The fourth-order valence-electron chi connectivity index (χ4n) is 1.77. The molecule has 1 aliphatic heterocycles. The second kappa shape index (κ2) is 4.33. The van der Waals surface area contributed by atoms with Gasteiger partial charge < -0.3 is 9.30 Å². The summed E-state index contributed by atoms with van der Waals surface area (Å²) in [6, 6.07) is 5.56. The van der Waals surface area contributed by atoms with E-state index in [4.69, 9.17) is 27.9 Å². The van der Waals surface area contributed by atoms with Crippen LogP contribution in [0.3, 0.4) is 0 Å². The maximum atomic E-state index is 6.19. The van der Waals surface area contributed by atoms with E-state index in [1.54, 1.807) is 12.3 Å². The van der Waals surface area contributed by atoms with Gasteiger partial charge in [0.25, 0.3) is 0 Å². The minimum Gasteiger partial charge on any atom is -0.371 e. The summed E-state index contributed by atoms with van der Waals surface area (Å²) in [5.41, 5.74) is 0.852. The highest BCUT2D eigenvalue weighted by atomic mass is 35.5. The highest BCUT2D eigenvalue weighted by molar-refractivity contribution is 6.43. The van der Waals surface area contributed by atoms with Gasteiger partial charge in [0.1, 0.15) is 5.82 Å². The number of halogens is 2. The summed E-state index contributed by atoms with van der Waals surface area (Å²) >= 11 is 12.2. The summed E-state index contributed by atoms with van der Waals surface area (Å²) in [6.45, 7) is 1.62. The number of rotatable bonds is 3. The van der Waals surface area contributed by atoms with Crippen LogP contribution in [0, 0.1) is 0 Å². The lowest BCUT2D eigenvalue weighted by atomic mass is 10.2. The van der Waals surface area contributed by atoms with Gasteiger partial charge in [-0.3, -0.25) is 0 Å². The van der Waals surface area contributed by atoms with E-state index in [9.17, 15) is 0 Å². The molecule has 1 aliphatic rings. The zero-order chi connectivity index (χ0) is 11.8. The van der Waals surface area contributed by atoms with Crippen molar-refractivity contribution in [3.05, 3.63) is 40.6 Å². The molecular weight excluding hydrogens is 259 g/mol. The smallest absolute Gasteiger partial charge is 0.141 e. The van der Waals surface area contributed by atoms with Crippen LogP contribution in [0.25, 0.3) is 11.4 Å². The molecule has 1 aromatic carbocycles. The van der Waals surface area contributed by atoms with Gasteiger partial charge in [-0.05, 0) is 12.1 Å². The van der Waals surface area contributed by atoms with Crippen LogP contribution in [0.15, 0.2) is 30.6 Å². The molecule has 0 saturated carbocycles. The number of imidazole rings is 1. The number of hydrogen-bond donors (Lipinski definition) is 0. The van der Waals surface area contributed by atoms with Gasteiger partial charge in [0.15, 0.2) is 0 Å². The average Bonchev–Trinajstić information content (AvgIpc) is 3.01. The normalized spacial score (nSPS) is 18.4. The predicted molar refractivity (Wildman–Crippen MR) is 67.4 cm³/mol. The average molecular weight is 269 g/mol. The predicted octanol–water partition coefficient (Wildman–Crippen LogP) is 3.26. The molecule has 5 heteroatoms.